The minimum absolute atomic E-state index is 0.286. The van der Waals surface area contributed by atoms with Gasteiger partial charge in [-0.1, -0.05) is 25.8 Å². The lowest BCUT2D eigenvalue weighted by atomic mass is 10.1. The number of nitrogens with zero attached hydrogens (tertiary/aromatic N) is 3. The zero-order valence-electron chi connectivity index (χ0n) is 14.6. The Morgan fingerprint density at radius 2 is 2.12 bits per heavy atom. The van der Waals surface area contributed by atoms with E-state index in [-0.39, 0.29) is 11.6 Å². The van der Waals surface area contributed by atoms with Crippen molar-refractivity contribution in [3.63, 3.8) is 0 Å². The zero-order valence-corrected chi connectivity index (χ0v) is 14.6. The molecule has 1 aliphatic rings. The average Bonchev–Trinajstić information content (AvgIpc) is 2.58. The Morgan fingerprint density at radius 3 is 2.67 bits per heavy atom. The van der Waals surface area contributed by atoms with Gasteiger partial charge in [0.05, 0.1) is 23.5 Å². The van der Waals surface area contributed by atoms with Crippen molar-refractivity contribution in [3.8, 4) is 0 Å². The first-order chi connectivity index (χ1) is 11.4. The van der Waals surface area contributed by atoms with Gasteiger partial charge in [0.15, 0.2) is 0 Å². The van der Waals surface area contributed by atoms with E-state index in [0.717, 1.165) is 30.2 Å². The first-order valence-corrected chi connectivity index (χ1v) is 7.98. The lowest BCUT2D eigenvalue weighted by Gasteiger charge is -2.37. The average molecular weight is 324 g/mol. The molecule has 2 heterocycles. The van der Waals surface area contributed by atoms with Crippen LogP contribution in [0.2, 0.25) is 0 Å². The van der Waals surface area contributed by atoms with E-state index in [1.807, 2.05) is 11.5 Å². The third-order valence-electron chi connectivity index (χ3n) is 4.15. The summed E-state index contributed by atoms with van der Waals surface area (Å²) in [7, 11) is 0. The Balaban J connectivity index is 2.66. The van der Waals surface area contributed by atoms with Gasteiger partial charge >= 0.3 is 0 Å². The molecule has 0 saturated heterocycles. The molecule has 0 atom stereocenters. The molecule has 0 bridgehead atoms. The molecule has 126 valence electrons. The maximum Gasteiger partial charge on any atom is 0.280 e. The van der Waals surface area contributed by atoms with Crippen LogP contribution in [-0.4, -0.2) is 27.0 Å². The van der Waals surface area contributed by atoms with Crippen molar-refractivity contribution < 1.29 is 0 Å². The van der Waals surface area contributed by atoms with Crippen molar-refractivity contribution >= 4 is 11.8 Å². The van der Waals surface area contributed by atoms with Crippen molar-refractivity contribution in [1.29, 1.82) is 0 Å². The van der Waals surface area contributed by atoms with Gasteiger partial charge in [-0.3, -0.25) is 4.79 Å². The van der Waals surface area contributed by atoms with Crippen molar-refractivity contribution in [2.75, 3.05) is 6.54 Å². The minimum Gasteiger partial charge on any atom is -0.375 e. The van der Waals surface area contributed by atoms with Crippen LogP contribution in [-0.2, 0) is 13.1 Å². The molecule has 0 fully saturated rings. The Bertz CT molecular complexity index is 819. The number of allylic oxidation sites excluding steroid dienone is 1. The van der Waals surface area contributed by atoms with Gasteiger partial charge < -0.3 is 14.8 Å². The molecule has 24 heavy (non-hydrogen) atoms. The highest BCUT2D eigenvalue weighted by Crippen LogP contribution is 2.28. The summed E-state index contributed by atoms with van der Waals surface area (Å²) in [5.74, 6) is 0.673. The maximum atomic E-state index is 12.5. The third-order valence-corrected chi connectivity index (χ3v) is 4.15. The van der Waals surface area contributed by atoms with Crippen molar-refractivity contribution in [2.45, 2.75) is 39.9 Å². The summed E-state index contributed by atoms with van der Waals surface area (Å²) in [4.78, 5) is 18.9. The number of fused-ring (bicyclic) bond motifs is 1. The fraction of sp³-hybridized carbons (Fsp3) is 0.368. The Kier molecular flexibility index (Phi) is 5.30. The summed E-state index contributed by atoms with van der Waals surface area (Å²) in [5, 5.41) is 3.17. The molecule has 1 aliphatic heterocycles. The predicted octanol–water partition coefficient (Wildman–Crippen LogP) is 2.51. The SMILES string of the molecule is C=C=C(C)NCc1nc(=O)c(C=C)c2n1CCN(C(C)C)C2=C=C. The van der Waals surface area contributed by atoms with E-state index in [0.29, 0.717) is 17.9 Å². The van der Waals surface area contributed by atoms with Gasteiger partial charge in [-0.25, -0.2) is 0 Å². The predicted molar refractivity (Wildman–Crippen MR) is 98.1 cm³/mol. The fourth-order valence-electron chi connectivity index (χ4n) is 2.86. The summed E-state index contributed by atoms with van der Waals surface area (Å²) < 4.78 is 2.05. The topological polar surface area (TPSA) is 50.2 Å². The molecular formula is C19H24N4O. The molecule has 5 heteroatoms. The normalized spacial score (nSPS) is 13.2. The molecule has 0 radical (unpaired) electrons. The van der Waals surface area contributed by atoms with E-state index in [1.54, 1.807) is 6.08 Å². The van der Waals surface area contributed by atoms with Gasteiger partial charge in [0, 0.05) is 19.1 Å². The monoisotopic (exact) mass is 324 g/mol. The number of nitrogens with one attached hydrogen (secondary N) is 1. The summed E-state index contributed by atoms with van der Waals surface area (Å²) in [5.41, 5.74) is 8.42. The van der Waals surface area contributed by atoms with Crippen LogP contribution in [0.3, 0.4) is 0 Å². The van der Waals surface area contributed by atoms with Crippen LogP contribution in [0, 0.1) is 0 Å². The highest BCUT2D eigenvalue weighted by molar-refractivity contribution is 5.70. The second kappa shape index (κ2) is 7.22. The molecule has 0 spiro atoms. The van der Waals surface area contributed by atoms with Crippen LogP contribution in [0.15, 0.2) is 41.7 Å². The largest absolute Gasteiger partial charge is 0.375 e. The summed E-state index contributed by atoms with van der Waals surface area (Å²) >= 11 is 0. The summed E-state index contributed by atoms with van der Waals surface area (Å²) in [6.45, 7) is 19.3. The Morgan fingerprint density at radius 1 is 1.42 bits per heavy atom. The fourth-order valence-corrected chi connectivity index (χ4v) is 2.86. The molecule has 5 nitrogen and oxygen atoms in total. The van der Waals surface area contributed by atoms with Gasteiger partial charge in [0.2, 0.25) is 0 Å². The Hall–Kier alpha value is -2.74. The van der Waals surface area contributed by atoms with Crippen LogP contribution < -0.4 is 10.9 Å². The van der Waals surface area contributed by atoms with Crippen LogP contribution in [0.25, 0.3) is 11.8 Å². The van der Waals surface area contributed by atoms with Gasteiger partial charge in [-0.05, 0) is 20.8 Å². The number of aromatic nitrogens is 2. The smallest absolute Gasteiger partial charge is 0.280 e. The number of rotatable bonds is 5. The van der Waals surface area contributed by atoms with E-state index < -0.39 is 0 Å². The highest BCUT2D eigenvalue weighted by Gasteiger charge is 2.27. The summed E-state index contributed by atoms with van der Waals surface area (Å²) in [6.07, 6.45) is 1.56. The molecule has 2 rings (SSSR count). The van der Waals surface area contributed by atoms with Crippen molar-refractivity contribution in [1.82, 2.24) is 19.8 Å². The van der Waals surface area contributed by atoms with E-state index in [9.17, 15) is 4.79 Å². The van der Waals surface area contributed by atoms with Crippen molar-refractivity contribution in [3.05, 3.63) is 64.3 Å². The zero-order chi connectivity index (χ0) is 17.9. The summed E-state index contributed by atoms with van der Waals surface area (Å²) in [6, 6.07) is 0.288. The van der Waals surface area contributed by atoms with Gasteiger partial charge in [0.25, 0.3) is 5.56 Å². The highest BCUT2D eigenvalue weighted by atomic mass is 16.1. The van der Waals surface area contributed by atoms with Gasteiger partial charge in [0.1, 0.15) is 11.5 Å². The molecule has 0 amide bonds. The Labute approximate surface area is 143 Å². The second-order valence-corrected chi connectivity index (χ2v) is 5.92. The van der Waals surface area contributed by atoms with Gasteiger partial charge in [-0.2, -0.15) is 4.98 Å². The minimum atomic E-state index is -0.286. The molecule has 1 N–H and O–H groups in total. The quantitative estimate of drug-likeness (QED) is 0.846. The van der Waals surface area contributed by atoms with E-state index in [2.05, 4.69) is 60.2 Å². The van der Waals surface area contributed by atoms with Crippen LogP contribution in [0.1, 0.15) is 37.9 Å². The molecule has 0 unspecified atom stereocenters. The van der Waals surface area contributed by atoms with Gasteiger partial charge in [-0.15, -0.1) is 11.5 Å². The van der Waals surface area contributed by atoms with E-state index in [1.165, 1.54) is 0 Å². The first-order valence-electron chi connectivity index (χ1n) is 7.98. The maximum absolute atomic E-state index is 12.5. The molecule has 0 aliphatic carbocycles. The number of hydrogen-bond acceptors (Lipinski definition) is 4. The standard InChI is InChI=1S/C19H24N4O/c1-7-14(6)20-12-17-21-19(24)15(8-2)18-16(9-3)22(13(4)5)10-11-23(17)18/h8,13,20H,1-3,10-12H2,4-6H3. The van der Waals surface area contributed by atoms with Crippen molar-refractivity contribution in [2.24, 2.45) is 0 Å². The van der Waals surface area contributed by atoms with E-state index >= 15 is 0 Å². The first kappa shape index (κ1) is 17.6. The molecular weight excluding hydrogens is 300 g/mol. The van der Waals surface area contributed by atoms with Crippen LogP contribution in [0.5, 0.6) is 0 Å². The van der Waals surface area contributed by atoms with E-state index in [4.69, 9.17) is 0 Å². The second-order valence-electron chi connectivity index (χ2n) is 5.92. The number of hydrogen-bond donors (Lipinski definition) is 1. The van der Waals surface area contributed by atoms with Crippen LogP contribution in [0.4, 0.5) is 0 Å². The molecule has 0 aromatic carbocycles. The lowest BCUT2D eigenvalue weighted by Crippen LogP contribution is -2.41. The molecule has 1 aromatic rings. The lowest BCUT2D eigenvalue weighted by molar-refractivity contribution is 0.290. The molecule has 0 saturated carbocycles. The van der Waals surface area contributed by atoms with Crippen LogP contribution >= 0.6 is 0 Å². The molecule has 1 aromatic heterocycles. The third kappa shape index (κ3) is 3.13.